The summed E-state index contributed by atoms with van der Waals surface area (Å²) in [4.78, 5) is 10.6. The number of hydrogen-bond donors (Lipinski definition) is 3. The Balaban J connectivity index is 2.70. The van der Waals surface area contributed by atoms with E-state index in [1.54, 1.807) is 0 Å². The second kappa shape index (κ2) is 3.34. The van der Waals surface area contributed by atoms with Gasteiger partial charge in [0.05, 0.1) is 6.61 Å². The highest BCUT2D eigenvalue weighted by atomic mass is 19.1. The van der Waals surface area contributed by atoms with Crippen molar-refractivity contribution >= 4 is 5.97 Å². The van der Waals surface area contributed by atoms with Gasteiger partial charge in [-0.1, -0.05) is 0 Å². The first-order chi connectivity index (χ1) is 5.57. The summed E-state index contributed by atoms with van der Waals surface area (Å²) in [6, 6.07) is 0. The van der Waals surface area contributed by atoms with Crippen LogP contribution in [0.25, 0.3) is 0 Å². The number of aliphatic hydroxyl groups is 3. The van der Waals surface area contributed by atoms with Crippen molar-refractivity contribution in [1.29, 1.82) is 0 Å². The Morgan fingerprint density at radius 3 is 2.58 bits per heavy atom. The highest BCUT2D eigenvalue weighted by Gasteiger charge is 2.44. The van der Waals surface area contributed by atoms with Gasteiger partial charge in [0.1, 0.15) is 6.10 Å². The van der Waals surface area contributed by atoms with Crippen LogP contribution in [0, 0.1) is 0 Å². The van der Waals surface area contributed by atoms with E-state index >= 15 is 0 Å². The molecular formula is C6H9FO5. The van der Waals surface area contributed by atoms with E-state index in [9.17, 15) is 9.18 Å². The number of cyclic esters (lactones) is 1. The quantitative estimate of drug-likeness (QED) is 0.405. The van der Waals surface area contributed by atoms with E-state index in [4.69, 9.17) is 15.3 Å². The van der Waals surface area contributed by atoms with Crippen molar-refractivity contribution in [2.24, 2.45) is 0 Å². The molecule has 1 fully saturated rings. The zero-order valence-electron chi connectivity index (χ0n) is 6.05. The second-order valence-corrected chi connectivity index (χ2v) is 2.54. The molecule has 0 saturated carbocycles. The molecule has 0 bridgehead atoms. The van der Waals surface area contributed by atoms with Gasteiger partial charge in [-0.3, -0.25) is 0 Å². The number of esters is 1. The molecule has 0 aromatic rings. The van der Waals surface area contributed by atoms with Gasteiger partial charge in [0, 0.05) is 0 Å². The second-order valence-electron chi connectivity index (χ2n) is 2.54. The van der Waals surface area contributed by atoms with Crippen molar-refractivity contribution in [1.82, 2.24) is 0 Å². The molecule has 6 heteroatoms. The van der Waals surface area contributed by atoms with Gasteiger partial charge in [-0.25, -0.2) is 9.18 Å². The maximum absolute atomic E-state index is 12.7. The molecule has 0 aromatic heterocycles. The van der Waals surface area contributed by atoms with Gasteiger partial charge in [0.15, 0.2) is 18.4 Å². The lowest BCUT2D eigenvalue weighted by Crippen LogP contribution is -2.54. The molecule has 70 valence electrons. The fourth-order valence-electron chi connectivity index (χ4n) is 0.956. The third-order valence-corrected chi connectivity index (χ3v) is 1.70. The zero-order chi connectivity index (χ0) is 9.30. The first kappa shape index (κ1) is 9.37. The molecule has 1 saturated heterocycles. The van der Waals surface area contributed by atoms with Crippen LogP contribution in [0.15, 0.2) is 0 Å². The summed E-state index contributed by atoms with van der Waals surface area (Å²) in [7, 11) is 0. The molecule has 0 amide bonds. The molecule has 0 radical (unpaired) electrons. The zero-order valence-corrected chi connectivity index (χ0v) is 6.05. The average Bonchev–Trinajstić information content (AvgIpc) is 2.08. The number of hydrogen-bond acceptors (Lipinski definition) is 5. The predicted octanol–water partition coefficient (Wildman–Crippen LogP) is -2.04. The average molecular weight is 180 g/mol. The smallest absolute Gasteiger partial charge is 0.338 e. The van der Waals surface area contributed by atoms with E-state index in [0.29, 0.717) is 0 Å². The molecular weight excluding hydrogens is 171 g/mol. The highest BCUT2D eigenvalue weighted by molar-refractivity contribution is 5.76. The summed E-state index contributed by atoms with van der Waals surface area (Å²) in [6.07, 6.45) is -7.00. The third-order valence-electron chi connectivity index (χ3n) is 1.70. The molecule has 0 unspecified atom stereocenters. The van der Waals surface area contributed by atoms with E-state index in [2.05, 4.69) is 4.74 Å². The molecule has 4 atom stereocenters. The predicted molar refractivity (Wildman–Crippen MR) is 33.9 cm³/mol. The van der Waals surface area contributed by atoms with Crippen LogP contribution in [-0.2, 0) is 9.53 Å². The van der Waals surface area contributed by atoms with Gasteiger partial charge in [0.25, 0.3) is 0 Å². The van der Waals surface area contributed by atoms with Crippen LogP contribution < -0.4 is 0 Å². The fourth-order valence-corrected chi connectivity index (χ4v) is 0.956. The Labute approximate surface area is 67.4 Å². The van der Waals surface area contributed by atoms with Crippen LogP contribution in [0.3, 0.4) is 0 Å². The van der Waals surface area contributed by atoms with Gasteiger partial charge in [0.2, 0.25) is 0 Å². The number of carbonyl (C=O) groups is 1. The van der Waals surface area contributed by atoms with Crippen molar-refractivity contribution < 1.29 is 29.2 Å². The van der Waals surface area contributed by atoms with Crippen molar-refractivity contribution in [3.8, 4) is 0 Å². The number of alkyl halides is 1. The minimum atomic E-state index is -2.09. The Kier molecular flexibility index (Phi) is 2.61. The molecule has 0 aliphatic carbocycles. The summed E-state index contributed by atoms with van der Waals surface area (Å²) in [5.41, 5.74) is 0. The van der Waals surface area contributed by atoms with Gasteiger partial charge >= 0.3 is 5.97 Å². The standard InChI is InChI=1S/C6H9FO5/c7-3-4(9)2(1-8)12-6(11)5(3)10/h2-5,8-10H,1H2/t2-,3+,4+,5-/m1/s1. The Morgan fingerprint density at radius 1 is 1.50 bits per heavy atom. The van der Waals surface area contributed by atoms with E-state index < -0.39 is 37.1 Å². The summed E-state index contributed by atoms with van der Waals surface area (Å²) in [6.45, 7) is -0.667. The molecule has 0 spiro atoms. The molecule has 5 nitrogen and oxygen atoms in total. The third kappa shape index (κ3) is 1.40. The first-order valence-electron chi connectivity index (χ1n) is 3.39. The summed E-state index contributed by atoms with van der Waals surface area (Å²) in [5.74, 6) is -1.16. The molecule has 1 heterocycles. The molecule has 0 aromatic carbocycles. The van der Waals surface area contributed by atoms with Gasteiger partial charge < -0.3 is 20.1 Å². The summed E-state index contributed by atoms with van der Waals surface area (Å²) >= 11 is 0. The summed E-state index contributed by atoms with van der Waals surface area (Å²) < 4.78 is 17.0. The highest BCUT2D eigenvalue weighted by Crippen LogP contribution is 2.18. The van der Waals surface area contributed by atoms with Crippen LogP contribution in [0.2, 0.25) is 0 Å². The van der Waals surface area contributed by atoms with E-state index in [0.717, 1.165) is 0 Å². The minimum absolute atomic E-state index is 0.667. The minimum Gasteiger partial charge on any atom is -0.455 e. The van der Waals surface area contributed by atoms with Crippen molar-refractivity contribution in [3.63, 3.8) is 0 Å². The van der Waals surface area contributed by atoms with Gasteiger partial charge in [-0.2, -0.15) is 0 Å². The SMILES string of the molecule is O=C1O[C@H](CO)[C@H](O)[C@H](F)[C@H]1O. The summed E-state index contributed by atoms with van der Waals surface area (Å²) in [5, 5.41) is 26.2. The normalized spacial score (nSPS) is 42.5. The van der Waals surface area contributed by atoms with Gasteiger partial charge in [-0.05, 0) is 0 Å². The van der Waals surface area contributed by atoms with Crippen LogP contribution in [0.4, 0.5) is 4.39 Å². The maximum atomic E-state index is 12.7. The lowest BCUT2D eigenvalue weighted by atomic mass is 10.0. The molecule has 1 aliphatic heterocycles. The van der Waals surface area contributed by atoms with Gasteiger partial charge in [-0.15, -0.1) is 0 Å². The molecule has 1 rings (SSSR count). The maximum Gasteiger partial charge on any atom is 0.338 e. The lowest BCUT2D eigenvalue weighted by molar-refractivity contribution is -0.197. The monoisotopic (exact) mass is 180 g/mol. The first-order valence-corrected chi connectivity index (χ1v) is 3.39. The fraction of sp³-hybridized carbons (Fsp3) is 0.833. The molecule has 3 N–H and O–H groups in total. The van der Waals surface area contributed by atoms with Crippen LogP contribution in [0.1, 0.15) is 0 Å². The Morgan fingerprint density at radius 2 is 2.08 bits per heavy atom. The van der Waals surface area contributed by atoms with Crippen molar-refractivity contribution in [3.05, 3.63) is 0 Å². The topological polar surface area (TPSA) is 87.0 Å². The molecule has 1 aliphatic rings. The number of rotatable bonds is 1. The number of ether oxygens (including phenoxy) is 1. The van der Waals surface area contributed by atoms with E-state index in [1.807, 2.05) is 0 Å². The van der Waals surface area contributed by atoms with E-state index in [-0.39, 0.29) is 0 Å². The van der Waals surface area contributed by atoms with Crippen LogP contribution in [-0.4, -0.2) is 52.4 Å². The van der Waals surface area contributed by atoms with Crippen LogP contribution >= 0.6 is 0 Å². The van der Waals surface area contributed by atoms with E-state index in [1.165, 1.54) is 0 Å². The molecule has 12 heavy (non-hydrogen) atoms. The Hall–Kier alpha value is -0.720. The number of halogens is 1. The lowest BCUT2D eigenvalue weighted by Gasteiger charge is -2.31. The van der Waals surface area contributed by atoms with Crippen molar-refractivity contribution in [2.75, 3.05) is 6.61 Å². The van der Waals surface area contributed by atoms with Crippen molar-refractivity contribution in [2.45, 2.75) is 24.5 Å². The van der Waals surface area contributed by atoms with Crippen LogP contribution in [0.5, 0.6) is 0 Å². The number of carbonyl (C=O) groups excluding carboxylic acids is 1. The number of aliphatic hydroxyl groups excluding tert-OH is 3. The largest absolute Gasteiger partial charge is 0.455 e. The Bertz CT molecular complexity index is 183.